The number of nitrogens with zero attached hydrogens (tertiary/aromatic N) is 3. The fourth-order valence-electron chi connectivity index (χ4n) is 6.56. The van der Waals surface area contributed by atoms with Gasteiger partial charge in [-0.15, -0.1) is 11.3 Å². The molecule has 0 unspecified atom stereocenters. The van der Waals surface area contributed by atoms with Gasteiger partial charge in [0.25, 0.3) is 0 Å². The predicted molar refractivity (Wildman–Crippen MR) is 207 cm³/mol. The third-order valence-electron chi connectivity index (χ3n) is 9.34. The molecule has 6 aromatic rings. The van der Waals surface area contributed by atoms with E-state index in [-0.39, 0.29) is 11.4 Å². The third kappa shape index (κ3) is 6.05. The SMILES string of the molecule is CC(C)c1ccc(N(c2ccc(C(C)C)cc2)c2ccc3cc(-c4ccc(/C=C5/C(=O)c6ccccc6C5=C(C#N)C#N)s4)ccc3c2)cc1. The highest BCUT2D eigenvalue weighted by Gasteiger charge is 2.32. The standard InChI is InChI=1S/C45H35N3OS/c1-28(2)30-11-16-36(17-12-30)48(37-18-13-31(14-19-37)29(3)4)38-20-15-32-23-34(10-9-33(32)24-38)43-22-21-39(50-43)25-42-44(35(26-46)27-47)40-7-5-6-8-41(40)45(42)49/h5-25,28-29H,1-4H3/b42-25+. The highest BCUT2D eigenvalue weighted by Crippen LogP contribution is 2.42. The summed E-state index contributed by atoms with van der Waals surface area (Å²) in [5.74, 6) is 0.756. The van der Waals surface area contributed by atoms with Crippen LogP contribution in [0.25, 0.3) is 32.9 Å². The van der Waals surface area contributed by atoms with E-state index in [1.54, 1.807) is 29.5 Å². The van der Waals surface area contributed by atoms with Crippen LogP contribution in [0.5, 0.6) is 0 Å². The smallest absolute Gasteiger partial charge is 0.194 e. The average Bonchev–Trinajstić information content (AvgIpc) is 3.72. The number of anilines is 3. The van der Waals surface area contributed by atoms with Gasteiger partial charge in [0.1, 0.15) is 17.7 Å². The lowest BCUT2D eigenvalue weighted by Gasteiger charge is -2.26. The van der Waals surface area contributed by atoms with Crippen molar-refractivity contribution in [3.8, 4) is 22.6 Å². The number of thiophene rings is 1. The molecule has 0 spiro atoms. The first-order valence-corrected chi connectivity index (χ1v) is 17.6. The van der Waals surface area contributed by atoms with Crippen LogP contribution in [-0.2, 0) is 0 Å². The number of allylic oxidation sites excluding steroid dienone is 3. The molecular weight excluding hydrogens is 631 g/mol. The predicted octanol–water partition coefficient (Wildman–Crippen LogP) is 12.4. The number of Topliss-reactive ketones (excluding diaryl/α,β-unsaturated/α-hetero) is 1. The minimum Gasteiger partial charge on any atom is -0.310 e. The maximum Gasteiger partial charge on any atom is 0.194 e. The summed E-state index contributed by atoms with van der Waals surface area (Å²) in [5, 5.41) is 21.6. The Morgan fingerprint density at radius 2 is 1.22 bits per heavy atom. The van der Waals surface area contributed by atoms with E-state index in [0.717, 1.165) is 43.2 Å². The van der Waals surface area contributed by atoms with E-state index in [2.05, 4.69) is 124 Å². The zero-order valence-electron chi connectivity index (χ0n) is 28.4. The molecule has 242 valence electrons. The molecule has 0 bridgehead atoms. The van der Waals surface area contributed by atoms with Gasteiger partial charge in [-0.3, -0.25) is 4.79 Å². The third-order valence-corrected chi connectivity index (χ3v) is 10.4. The Bertz CT molecular complexity index is 2350. The first-order valence-electron chi connectivity index (χ1n) is 16.8. The monoisotopic (exact) mass is 665 g/mol. The van der Waals surface area contributed by atoms with Crippen molar-refractivity contribution in [2.24, 2.45) is 0 Å². The maximum atomic E-state index is 13.4. The zero-order valence-corrected chi connectivity index (χ0v) is 29.3. The normalized spacial score (nSPS) is 13.2. The van der Waals surface area contributed by atoms with Crippen LogP contribution in [-0.4, -0.2) is 5.78 Å². The fourth-order valence-corrected chi connectivity index (χ4v) is 7.51. The number of ketones is 1. The summed E-state index contributed by atoms with van der Waals surface area (Å²) in [6, 6.07) is 46.0. The van der Waals surface area contributed by atoms with Gasteiger partial charge in [-0.25, -0.2) is 0 Å². The second kappa shape index (κ2) is 13.5. The molecule has 7 rings (SSSR count). The van der Waals surface area contributed by atoms with Gasteiger partial charge < -0.3 is 4.90 Å². The first-order chi connectivity index (χ1) is 24.2. The van der Waals surface area contributed by atoms with Crippen molar-refractivity contribution in [1.29, 1.82) is 10.5 Å². The molecule has 1 heterocycles. The largest absolute Gasteiger partial charge is 0.310 e. The Labute approximate surface area is 297 Å². The van der Waals surface area contributed by atoms with Crippen LogP contribution in [0, 0.1) is 22.7 Å². The van der Waals surface area contributed by atoms with Crippen LogP contribution < -0.4 is 4.90 Å². The van der Waals surface area contributed by atoms with E-state index in [1.165, 1.54) is 11.1 Å². The molecule has 0 fully saturated rings. The van der Waals surface area contributed by atoms with E-state index >= 15 is 0 Å². The second-order valence-electron chi connectivity index (χ2n) is 13.2. The Morgan fingerprint density at radius 1 is 0.660 bits per heavy atom. The van der Waals surface area contributed by atoms with Crippen molar-refractivity contribution in [2.45, 2.75) is 39.5 Å². The molecule has 1 aliphatic carbocycles. The molecule has 0 radical (unpaired) electrons. The maximum absolute atomic E-state index is 13.4. The molecule has 0 saturated carbocycles. The molecule has 0 saturated heterocycles. The highest BCUT2D eigenvalue weighted by molar-refractivity contribution is 7.16. The molecule has 0 N–H and O–H groups in total. The summed E-state index contributed by atoms with van der Waals surface area (Å²) in [4.78, 5) is 17.6. The van der Waals surface area contributed by atoms with Crippen molar-refractivity contribution >= 4 is 56.6 Å². The number of carbonyl (C=O) groups excluding carboxylic acids is 1. The highest BCUT2D eigenvalue weighted by atomic mass is 32.1. The van der Waals surface area contributed by atoms with Crippen LogP contribution in [0.15, 0.2) is 132 Å². The average molecular weight is 666 g/mol. The lowest BCUT2D eigenvalue weighted by Crippen LogP contribution is -2.10. The van der Waals surface area contributed by atoms with Crippen molar-refractivity contribution < 1.29 is 4.79 Å². The van der Waals surface area contributed by atoms with Gasteiger partial charge in [-0.05, 0) is 106 Å². The van der Waals surface area contributed by atoms with Crippen LogP contribution >= 0.6 is 11.3 Å². The van der Waals surface area contributed by atoms with Crippen molar-refractivity contribution in [3.63, 3.8) is 0 Å². The van der Waals surface area contributed by atoms with Gasteiger partial charge in [0.05, 0.1) is 0 Å². The van der Waals surface area contributed by atoms with Crippen LogP contribution in [0.3, 0.4) is 0 Å². The van der Waals surface area contributed by atoms with Gasteiger partial charge in [-0.1, -0.05) is 94.4 Å². The van der Waals surface area contributed by atoms with E-state index in [0.29, 0.717) is 34.1 Å². The molecule has 1 aromatic heterocycles. The molecule has 0 atom stereocenters. The summed E-state index contributed by atoms with van der Waals surface area (Å²) >= 11 is 1.57. The van der Waals surface area contributed by atoms with E-state index < -0.39 is 0 Å². The topological polar surface area (TPSA) is 67.9 Å². The zero-order chi connectivity index (χ0) is 34.9. The number of benzene rings is 5. The number of fused-ring (bicyclic) bond motifs is 2. The summed E-state index contributed by atoms with van der Waals surface area (Å²) in [6.45, 7) is 8.87. The van der Waals surface area contributed by atoms with Gasteiger partial charge in [0.2, 0.25) is 0 Å². The summed E-state index contributed by atoms with van der Waals surface area (Å²) < 4.78 is 0. The fraction of sp³-hybridized carbons (Fsp3) is 0.133. The Balaban J connectivity index is 1.23. The molecule has 50 heavy (non-hydrogen) atoms. The molecule has 5 aromatic carbocycles. The lowest BCUT2D eigenvalue weighted by molar-refractivity contribution is 0.104. The molecule has 5 heteroatoms. The first kappa shape index (κ1) is 32.5. The minimum absolute atomic E-state index is 0.0565. The number of nitriles is 2. The van der Waals surface area contributed by atoms with Crippen LogP contribution in [0.1, 0.15) is 71.5 Å². The Morgan fingerprint density at radius 3 is 1.82 bits per heavy atom. The number of carbonyl (C=O) groups is 1. The van der Waals surface area contributed by atoms with Crippen molar-refractivity contribution in [2.75, 3.05) is 4.90 Å². The van der Waals surface area contributed by atoms with Gasteiger partial charge in [0.15, 0.2) is 5.78 Å². The summed E-state index contributed by atoms with van der Waals surface area (Å²) in [6.07, 6.45) is 1.81. The summed E-state index contributed by atoms with van der Waals surface area (Å²) in [5.41, 5.74) is 8.90. The van der Waals surface area contributed by atoms with Gasteiger partial charge >= 0.3 is 0 Å². The molecular formula is C45H35N3OS. The van der Waals surface area contributed by atoms with Crippen molar-refractivity contribution in [3.05, 3.63) is 160 Å². The molecule has 1 aliphatic rings. The van der Waals surface area contributed by atoms with Gasteiger partial charge in [-0.2, -0.15) is 10.5 Å². The van der Waals surface area contributed by atoms with E-state index in [9.17, 15) is 15.3 Å². The lowest BCUT2D eigenvalue weighted by atomic mass is 9.99. The quantitative estimate of drug-likeness (QED) is 0.126. The molecule has 0 amide bonds. The van der Waals surface area contributed by atoms with Crippen molar-refractivity contribution in [1.82, 2.24) is 0 Å². The van der Waals surface area contributed by atoms with E-state index in [1.807, 2.05) is 30.3 Å². The number of hydrogen-bond acceptors (Lipinski definition) is 5. The molecule has 0 aliphatic heterocycles. The second-order valence-corrected chi connectivity index (χ2v) is 14.3. The minimum atomic E-state index is -0.171. The number of rotatable bonds is 7. The summed E-state index contributed by atoms with van der Waals surface area (Å²) in [7, 11) is 0. The van der Waals surface area contributed by atoms with E-state index in [4.69, 9.17) is 0 Å². The van der Waals surface area contributed by atoms with Gasteiger partial charge in [0, 0.05) is 43.5 Å². The van der Waals surface area contributed by atoms with Crippen LogP contribution in [0.2, 0.25) is 0 Å². The van der Waals surface area contributed by atoms with Crippen LogP contribution in [0.4, 0.5) is 17.1 Å². The Kier molecular flexibility index (Phi) is 8.77. The number of hydrogen-bond donors (Lipinski definition) is 0. The Hall–Kier alpha value is -6.01. The molecule has 4 nitrogen and oxygen atoms in total.